The average molecular weight is 367 g/mol. The molecule has 2 rings (SSSR count). The van der Waals surface area contributed by atoms with E-state index in [1.807, 2.05) is 34.6 Å². The Morgan fingerprint density at radius 2 is 1.96 bits per heavy atom. The van der Waals surface area contributed by atoms with Crippen LogP contribution in [-0.2, 0) is 14.4 Å². The Morgan fingerprint density at radius 3 is 2.52 bits per heavy atom. The van der Waals surface area contributed by atoms with Gasteiger partial charge in [-0.05, 0) is 25.8 Å². The maximum absolute atomic E-state index is 12.3. The van der Waals surface area contributed by atoms with E-state index in [0.717, 1.165) is 10.4 Å². The lowest BCUT2D eigenvalue weighted by Crippen LogP contribution is -2.51. The van der Waals surface area contributed by atoms with Crippen molar-refractivity contribution in [3.05, 3.63) is 16.0 Å². The van der Waals surface area contributed by atoms with Gasteiger partial charge in [0.1, 0.15) is 11.2 Å². The minimum atomic E-state index is -1.12. The molecular formula is C17H25N3O4S. The highest BCUT2D eigenvalue weighted by Crippen LogP contribution is 2.37. The zero-order valence-corrected chi connectivity index (χ0v) is 16.0. The lowest BCUT2D eigenvalue weighted by atomic mass is 9.95. The number of carbonyl (C=O) groups is 3. The molecule has 7 nitrogen and oxygen atoms in total. The second-order valence-electron chi connectivity index (χ2n) is 7.30. The molecule has 1 aromatic rings. The molecule has 0 aliphatic carbocycles. The number of rotatable bonds is 4. The molecule has 1 saturated heterocycles. The smallest absolute Gasteiger partial charge is 0.243 e. The number of aliphatic hydroxyl groups is 1. The maximum Gasteiger partial charge on any atom is 0.243 e. The number of anilines is 1. The predicted octanol–water partition coefficient (Wildman–Crippen LogP) is 1.74. The lowest BCUT2D eigenvalue weighted by Gasteiger charge is -2.26. The van der Waals surface area contributed by atoms with Crippen molar-refractivity contribution in [1.29, 1.82) is 0 Å². The highest BCUT2D eigenvalue weighted by atomic mass is 32.1. The molecule has 0 radical (unpaired) electrons. The third-order valence-corrected chi connectivity index (χ3v) is 5.35. The fraction of sp³-hybridized carbons (Fsp3) is 0.588. The third kappa shape index (κ3) is 4.45. The van der Waals surface area contributed by atoms with E-state index in [0.29, 0.717) is 17.0 Å². The normalized spacial score (nSPS) is 19.5. The summed E-state index contributed by atoms with van der Waals surface area (Å²) in [4.78, 5) is 36.4. The molecule has 2 atom stereocenters. The predicted molar refractivity (Wildman–Crippen MR) is 96.1 cm³/mol. The Balaban J connectivity index is 2.21. The second kappa shape index (κ2) is 7.23. The number of hydrogen-bond donors (Lipinski definition) is 4. The van der Waals surface area contributed by atoms with E-state index in [1.54, 1.807) is 0 Å². The summed E-state index contributed by atoms with van der Waals surface area (Å²) < 4.78 is 0. The van der Waals surface area contributed by atoms with Crippen molar-refractivity contribution in [2.75, 3.05) is 5.32 Å². The van der Waals surface area contributed by atoms with Crippen molar-refractivity contribution >= 4 is 34.1 Å². The summed E-state index contributed by atoms with van der Waals surface area (Å²) in [7, 11) is 0. The van der Waals surface area contributed by atoms with Gasteiger partial charge in [-0.2, -0.15) is 0 Å². The molecule has 3 amide bonds. The Hall–Kier alpha value is -1.77. The first-order valence-electron chi connectivity index (χ1n) is 8.20. The number of aliphatic hydroxyl groups excluding tert-OH is 1. The molecule has 2 unspecified atom stereocenters. The summed E-state index contributed by atoms with van der Waals surface area (Å²) in [5, 5.41) is 19.2. The molecule has 25 heavy (non-hydrogen) atoms. The van der Waals surface area contributed by atoms with Crippen LogP contribution in [0.15, 0.2) is 0 Å². The van der Waals surface area contributed by atoms with Gasteiger partial charge in [-0.3, -0.25) is 25.0 Å². The number of amides is 3. The van der Waals surface area contributed by atoms with E-state index in [1.165, 1.54) is 11.3 Å². The Labute approximate surface area is 151 Å². The number of nitrogens with one attached hydrogen (secondary N) is 3. The molecule has 1 aromatic heterocycles. The average Bonchev–Trinajstić information content (AvgIpc) is 2.75. The van der Waals surface area contributed by atoms with Crippen LogP contribution in [0.2, 0.25) is 0 Å². The van der Waals surface area contributed by atoms with E-state index in [2.05, 4.69) is 16.0 Å². The van der Waals surface area contributed by atoms with Gasteiger partial charge in [0.05, 0.1) is 6.04 Å². The topological polar surface area (TPSA) is 108 Å². The van der Waals surface area contributed by atoms with Gasteiger partial charge in [-0.1, -0.05) is 20.8 Å². The fourth-order valence-corrected chi connectivity index (χ4v) is 3.57. The quantitative estimate of drug-likeness (QED) is 0.479. The van der Waals surface area contributed by atoms with Crippen LogP contribution in [0.3, 0.4) is 0 Å². The molecule has 0 aromatic carbocycles. The summed E-state index contributed by atoms with van der Waals surface area (Å²) in [6, 6.07) is -0.654. The first kappa shape index (κ1) is 19.6. The highest BCUT2D eigenvalue weighted by Gasteiger charge is 2.31. The van der Waals surface area contributed by atoms with Crippen molar-refractivity contribution in [2.45, 2.75) is 59.7 Å². The van der Waals surface area contributed by atoms with Gasteiger partial charge in [-0.25, -0.2) is 0 Å². The minimum Gasteiger partial charge on any atom is -0.374 e. The first-order chi connectivity index (χ1) is 11.5. The summed E-state index contributed by atoms with van der Waals surface area (Å²) >= 11 is 1.39. The van der Waals surface area contributed by atoms with Gasteiger partial charge in [0.2, 0.25) is 17.7 Å². The Morgan fingerprint density at radius 1 is 1.32 bits per heavy atom. The van der Waals surface area contributed by atoms with Crippen LogP contribution in [0.25, 0.3) is 0 Å². The standard InChI is InChI=1S/C17H25N3O4S/c1-8-9(2)25-15(20-16(24)17(3,4)5)12(8)14(23)18-10-6-7-11(21)19-13(10)22/h10,14,18,23H,6-7H2,1-5H3,(H,20,24)(H,19,21,22). The molecule has 2 heterocycles. The molecule has 138 valence electrons. The number of thiophene rings is 1. The fourth-order valence-electron chi connectivity index (χ4n) is 2.48. The molecule has 1 aliphatic heterocycles. The third-order valence-electron chi connectivity index (χ3n) is 4.21. The van der Waals surface area contributed by atoms with Crippen molar-refractivity contribution in [3.8, 4) is 0 Å². The second-order valence-corrected chi connectivity index (χ2v) is 8.53. The molecular weight excluding hydrogens is 342 g/mol. The van der Waals surface area contributed by atoms with Crippen molar-refractivity contribution in [1.82, 2.24) is 10.6 Å². The van der Waals surface area contributed by atoms with Crippen LogP contribution >= 0.6 is 11.3 Å². The van der Waals surface area contributed by atoms with Crippen LogP contribution in [0, 0.1) is 19.3 Å². The Bertz CT molecular complexity index is 705. The van der Waals surface area contributed by atoms with Crippen LogP contribution < -0.4 is 16.0 Å². The number of carbonyl (C=O) groups excluding carboxylic acids is 3. The number of piperidine rings is 1. The molecule has 4 N–H and O–H groups in total. The van der Waals surface area contributed by atoms with E-state index in [9.17, 15) is 19.5 Å². The van der Waals surface area contributed by atoms with Gasteiger partial charge in [0.25, 0.3) is 0 Å². The van der Waals surface area contributed by atoms with E-state index in [-0.39, 0.29) is 18.2 Å². The molecule has 0 spiro atoms. The number of imide groups is 1. The van der Waals surface area contributed by atoms with Crippen molar-refractivity contribution in [3.63, 3.8) is 0 Å². The SMILES string of the molecule is Cc1sc(NC(=O)C(C)(C)C)c(C(O)NC2CCC(=O)NC2=O)c1C. The maximum atomic E-state index is 12.3. The minimum absolute atomic E-state index is 0.150. The van der Waals surface area contributed by atoms with E-state index < -0.39 is 23.6 Å². The highest BCUT2D eigenvalue weighted by molar-refractivity contribution is 7.16. The van der Waals surface area contributed by atoms with Crippen molar-refractivity contribution in [2.24, 2.45) is 5.41 Å². The summed E-state index contributed by atoms with van der Waals surface area (Å²) in [6.45, 7) is 9.21. The summed E-state index contributed by atoms with van der Waals surface area (Å²) in [5.74, 6) is -0.901. The molecule has 1 aliphatic rings. The molecule has 0 bridgehead atoms. The zero-order valence-electron chi connectivity index (χ0n) is 15.1. The van der Waals surface area contributed by atoms with Crippen LogP contribution in [-0.4, -0.2) is 28.9 Å². The van der Waals surface area contributed by atoms with Gasteiger partial charge in [-0.15, -0.1) is 11.3 Å². The largest absolute Gasteiger partial charge is 0.374 e. The zero-order chi connectivity index (χ0) is 18.9. The number of hydrogen-bond acceptors (Lipinski definition) is 6. The number of aryl methyl sites for hydroxylation is 1. The monoisotopic (exact) mass is 367 g/mol. The molecule has 0 saturated carbocycles. The van der Waals surface area contributed by atoms with Gasteiger partial charge < -0.3 is 10.4 Å². The summed E-state index contributed by atoms with van der Waals surface area (Å²) in [5.41, 5.74) is 0.858. The summed E-state index contributed by atoms with van der Waals surface area (Å²) in [6.07, 6.45) is -0.567. The van der Waals surface area contributed by atoms with Gasteiger partial charge >= 0.3 is 0 Å². The van der Waals surface area contributed by atoms with E-state index in [4.69, 9.17) is 0 Å². The van der Waals surface area contributed by atoms with Crippen LogP contribution in [0.4, 0.5) is 5.00 Å². The molecule has 1 fully saturated rings. The molecule has 8 heteroatoms. The Kier molecular flexibility index (Phi) is 5.65. The van der Waals surface area contributed by atoms with Crippen LogP contribution in [0.1, 0.15) is 55.8 Å². The first-order valence-corrected chi connectivity index (χ1v) is 9.01. The van der Waals surface area contributed by atoms with Gasteiger partial charge in [0.15, 0.2) is 0 Å². The van der Waals surface area contributed by atoms with E-state index >= 15 is 0 Å². The van der Waals surface area contributed by atoms with Crippen molar-refractivity contribution < 1.29 is 19.5 Å². The lowest BCUT2D eigenvalue weighted by molar-refractivity contribution is -0.135. The van der Waals surface area contributed by atoms with Crippen LogP contribution in [0.5, 0.6) is 0 Å². The van der Waals surface area contributed by atoms with Gasteiger partial charge in [0, 0.05) is 22.3 Å².